The third-order valence-electron chi connectivity index (χ3n) is 12.1. The smallest absolute Gasteiger partial charge is 0.201 e. The molecule has 0 radical (unpaired) electrons. The molecule has 4 rings (SSSR count). The van der Waals surface area contributed by atoms with Gasteiger partial charge in [0.25, 0.3) is 0 Å². The molecule has 8 nitrogen and oxygen atoms in total. The van der Waals surface area contributed by atoms with Crippen molar-refractivity contribution in [3.63, 3.8) is 0 Å². The van der Waals surface area contributed by atoms with Gasteiger partial charge >= 0.3 is 0 Å². The first kappa shape index (κ1) is 34.3. The highest BCUT2D eigenvalue weighted by atomic mass is 16.8. The minimum Gasteiger partial charge on any atom is -0.392 e. The van der Waals surface area contributed by atoms with E-state index >= 15 is 0 Å². The van der Waals surface area contributed by atoms with E-state index in [2.05, 4.69) is 34.6 Å². The third kappa shape index (κ3) is 5.13. The molecule has 0 aliphatic carbocycles. The maximum atomic E-state index is 14.1. The lowest BCUT2D eigenvalue weighted by Crippen LogP contribution is -2.59. The van der Waals surface area contributed by atoms with Crippen LogP contribution in [-0.2, 0) is 23.7 Å². The summed E-state index contributed by atoms with van der Waals surface area (Å²) in [6.07, 6.45) is 1.96. The van der Waals surface area contributed by atoms with Gasteiger partial charge in [-0.05, 0) is 58.3 Å². The highest BCUT2D eigenvalue weighted by Gasteiger charge is 2.73. The number of hydrogen-bond donors (Lipinski definition) is 3. The summed E-state index contributed by atoms with van der Waals surface area (Å²) in [5, 5.41) is 33.5. The summed E-state index contributed by atoms with van der Waals surface area (Å²) in [5.41, 5.74) is -0.979. The number of ether oxygens (including phenoxy) is 4. The zero-order chi connectivity index (χ0) is 31.6. The van der Waals surface area contributed by atoms with E-state index in [9.17, 15) is 20.1 Å². The lowest BCUT2D eigenvalue weighted by Gasteiger charge is -2.50. The number of ketones is 1. The van der Waals surface area contributed by atoms with E-state index < -0.39 is 59.2 Å². The van der Waals surface area contributed by atoms with Crippen LogP contribution in [-0.4, -0.2) is 74.4 Å². The summed E-state index contributed by atoms with van der Waals surface area (Å²) in [6, 6.07) is 0. The second-order valence-corrected chi connectivity index (χ2v) is 14.9. The van der Waals surface area contributed by atoms with E-state index in [-0.39, 0.29) is 41.3 Å². The molecule has 0 spiro atoms. The number of Topliss-reactive ketones (excluding diaryl/α,β-unsaturated/α-hetero) is 1. The van der Waals surface area contributed by atoms with Crippen LogP contribution in [0.1, 0.15) is 115 Å². The van der Waals surface area contributed by atoms with Crippen LogP contribution >= 0.6 is 0 Å². The van der Waals surface area contributed by atoms with Crippen molar-refractivity contribution in [1.29, 1.82) is 0 Å². The number of fused-ring (bicyclic) bond motifs is 2. The summed E-state index contributed by atoms with van der Waals surface area (Å²) >= 11 is 0. The average Bonchev–Trinajstić information content (AvgIpc) is 3.56. The van der Waals surface area contributed by atoms with Gasteiger partial charge in [-0.15, -0.1) is 0 Å². The van der Waals surface area contributed by atoms with E-state index in [1.807, 2.05) is 27.7 Å². The van der Waals surface area contributed by atoms with E-state index in [0.717, 1.165) is 25.7 Å². The monoisotopic (exact) mass is 596 g/mol. The van der Waals surface area contributed by atoms with Crippen LogP contribution in [0.3, 0.4) is 0 Å². The zero-order valence-electron chi connectivity index (χ0n) is 28.1. The molecule has 3 N–H and O–H groups in total. The molecule has 0 saturated carbocycles. The van der Waals surface area contributed by atoms with Crippen LogP contribution in [0.4, 0.5) is 0 Å². The first-order chi connectivity index (χ1) is 19.5. The number of carbonyl (C=O) groups is 1. The fraction of sp³-hybridized carbons (Fsp3) is 0.971. The van der Waals surface area contributed by atoms with Crippen LogP contribution in [0, 0.1) is 41.4 Å². The van der Waals surface area contributed by atoms with Gasteiger partial charge < -0.3 is 34.3 Å². The molecule has 8 heteroatoms. The first-order valence-corrected chi connectivity index (χ1v) is 16.8. The fourth-order valence-corrected chi connectivity index (χ4v) is 9.61. The minimum absolute atomic E-state index is 0.0280. The summed E-state index contributed by atoms with van der Waals surface area (Å²) in [5.74, 6) is -4.36. The van der Waals surface area contributed by atoms with E-state index in [1.54, 1.807) is 13.8 Å². The second-order valence-electron chi connectivity index (χ2n) is 14.9. The highest BCUT2D eigenvalue weighted by molar-refractivity contribution is 5.84. The first-order valence-electron chi connectivity index (χ1n) is 16.8. The Labute approximate surface area is 254 Å². The normalized spacial score (nSPS) is 50.0. The van der Waals surface area contributed by atoms with Gasteiger partial charge in [0.05, 0.1) is 36.1 Å². The Kier molecular flexibility index (Phi) is 9.76. The lowest BCUT2D eigenvalue weighted by molar-refractivity contribution is -0.323. The molecular weight excluding hydrogens is 536 g/mol. The summed E-state index contributed by atoms with van der Waals surface area (Å²) < 4.78 is 26.7. The van der Waals surface area contributed by atoms with Crippen molar-refractivity contribution in [2.75, 3.05) is 0 Å². The van der Waals surface area contributed by atoms with Gasteiger partial charge in [0.15, 0.2) is 5.79 Å². The van der Waals surface area contributed by atoms with Gasteiger partial charge in [0.2, 0.25) is 5.79 Å². The molecule has 244 valence electrons. The van der Waals surface area contributed by atoms with Crippen molar-refractivity contribution in [2.45, 2.75) is 168 Å². The minimum atomic E-state index is -1.51. The van der Waals surface area contributed by atoms with Crippen molar-refractivity contribution in [3.05, 3.63) is 0 Å². The summed E-state index contributed by atoms with van der Waals surface area (Å²) in [7, 11) is 0. The fourth-order valence-electron chi connectivity index (χ4n) is 9.61. The molecular formula is C34H60O8. The van der Waals surface area contributed by atoms with Crippen LogP contribution in [0.25, 0.3) is 0 Å². The van der Waals surface area contributed by atoms with E-state index in [1.165, 1.54) is 0 Å². The van der Waals surface area contributed by atoms with Gasteiger partial charge in [-0.2, -0.15) is 0 Å². The Balaban J connectivity index is 1.51. The molecule has 0 aromatic rings. The van der Waals surface area contributed by atoms with E-state index in [4.69, 9.17) is 18.9 Å². The lowest BCUT2D eigenvalue weighted by atomic mass is 9.72. The van der Waals surface area contributed by atoms with Crippen molar-refractivity contribution < 1.29 is 39.1 Å². The Morgan fingerprint density at radius 3 is 2.14 bits per heavy atom. The third-order valence-corrected chi connectivity index (χ3v) is 12.1. The average molecular weight is 597 g/mol. The van der Waals surface area contributed by atoms with Gasteiger partial charge in [0, 0.05) is 35.5 Å². The maximum absolute atomic E-state index is 14.1. The quantitative estimate of drug-likeness (QED) is 0.297. The Hall–Kier alpha value is -0.610. The predicted octanol–water partition coefficient (Wildman–Crippen LogP) is 5.24. The number of carbonyl (C=O) groups excluding carboxylic acids is 1. The topological polar surface area (TPSA) is 115 Å². The molecule has 4 fully saturated rings. The summed E-state index contributed by atoms with van der Waals surface area (Å²) in [6.45, 7) is 21.8. The van der Waals surface area contributed by atoms with E-state index in [0.29, 0.717) is 12.8 Å². The molecule has 4 saturated heterocycles. The van der Waals surface area contributed by atoms with Gasteiger partial charge in [-0.3, -0.25) is 4.79 Å². The molecule has 4 heterocycles. The molecule has 0 aromatic carbocycles. The Morgan fingerprint density at radius 1 is 0.952 bits per heavy atom. The number of hydrogen-bond acceptors (Lipinski definition) is 8. The summed E-state index contributed by atoms with van der Waals surface area (Å²) in [4.78, 5) is 14.1. The highest BCUT2D eigenvalue weighted by Crippen LogP contribution is 2.63. The molecule has 42 heavy (non-hydrogen) atoms. The van der Waals surface area contributed by atoms with Crippen molar-refractivity contribution in [2.24, 2.45) is 41.4 Å². The molecule has 16 atom stereocenters. The predicted molar refractivity (Wildman–Crippen MR) is 160 cm³/mol. The van der Waals surface area contributed by atoms with Crippen LogP contribution < -0.4 is 0 Å². The van der Waals surface area contributed by atoms with Crippen LogP contribution in [0.2, 0.25) is 0 Å². The van der Waals surface area contributed by atoms with Crippen molar-refractivity contribution in [1.82, 2.24) is 0 Å². The number of aliphatic hydroxyl groups excluding tert-OH is 2. The van der Waals surface area contributed by atoms with Crippen LogP contribution in [0.5, 0.6) is 0 Å². The zero-order valence-corrected chi connectivity index (χ0v) is 28.1. The van der Waals surface area contributed by atoms with Crippen LogP contribution in [0.15, 0.2) is 0 Å². The molecule has 16 unspecified atom stereocenters. The molecule has 2 bridgehead atoms. The second kappa shape index (κ2) is 12.0. The SMILES string of the molecule is CCC(C(=O)C(C)C(O)C(C)C1OC(C)(O)C(CC)C(O)C1C)C1OC(C)(C23OC(CC)C(CC)(CC2C)O3)CC1C. The molecule has 4 aliphatic heterocycles. The maximum Gasteiger partial charge on any atom is 0.201 e. The molecule has 4 aliphatic rings. The largest absolute Gasteiger partial charge is 0.392 e. The molecule has 0 aromatic heterocycles. The van der Waals surface area contributed by atoms with Gasteiger partial charge in [-0.1, -0.05) is 62.3 Å². The van der Waals surface area contributed by atoms with Crippen molar-refractivity contribution in [3.8, 4) is 0 Å². The molecule has 0 amide bonds. The van der Waals surface area contributed by atoms with Gasteiger partial charge in [0.1, 0.15) is 11.4 Å². The Morgan fingerprint density at radius 2 is 1.60 bits per heavy atom. The van der Waals surface area contributed by atoms with Gasteiger partial charge in [-0.25, -0.2) is 0 Å². The number of rotatable bonds is 11. The standard InChI is InChI=1S/C34H60O8/c1-12-23(27(36)20(7)26(35)21(8)30-22(9)28(37)24(13-2)32(11,38)41-30)29-18(5)16-31(10,40-29)34-19(6)17-33(15-4,42-34)25(14-3)39-34/h18-26,28-30,35,37-38H,12-17H2,1-11H3. The van der Waals surface area contributed by atoms with Crippen molar-refractivity contribution >= 4 is 5.78 Å². The Bertz CT molecular complexity index is 971. The number of aliphatic hydroxyl groups is 3.